The van der Waals surface area contributed by atoms with Gasteiger partial charge in [-0.3, -0.25) is 4.79 Å². The summed E-state index contributed by atoms with van der Waals surface area (Å²) in [5.74, 6) is -1.96. The minimum atomic E-state index is -1.15. The Hall–Kier alpha value is -1.29. The van der Waals surface area contributed by atoms with Crippen molar-refractivity contribution in [2.24, 2.45) is 0 Å². The molecule has 1 saturated carbocycles. The van der Waals surface area contributed by atoms with Crippen LogP contribution < -0.4 is 0 Å². The van der Waals surface area contributed by atoms with Crippen molar-refractivity contribution in [1.29, 1.82) is 0 Å². The minimum Gasteiger partial charge on any atom is -0.506 e. The molecular formula is C11H10ClFO3. The van der Waals surface area contributed by atoms with Crippen LogP contribution in [-0.4, -0.2) is 16.2 Å². The number of phenolic OH excluding ortho intramolecular Hbond substituents is 1. The largest absolute Gasteiger partial charge is 0.506 e. The predicted octanol–water partition coefficient (Wildman–Crippen LogP) is 2.61. The molecule has 0 bridgehead atoms. The van der Waals surface area contributed by atoms with E-state index in [1.807, 2.05) is 0 Å². The summed E-state index contributed by atoms with van der Waals surface area (Å²) in [6.45, 7) is 1.45. The lowest BCUT2D eigenvalue weighted by Crippen LogP contribution is -2.21. The third kappa shape index (κ3) is 1.37. The van der Waals surface area contributed by atoms with Crippen molar-refractivity contribution in [2.75, 3.05) is 0 Å². The zero-order valence-corrected chi connectivity index (χ0v) is 9.31. The van der Waals surface area contributed by atoms with Gasteiger partial charge in [-0.15, -0.1) is 0 Å². The highest BCUT2D eigenvalue weighted by Gasteiger charge is 2.54. The predicted molar refractivity (Wildman–Crippen MR) is 56.4 cm³/mol. The summed E-state index contributed by atoms with van der Waals surface area (Å²) in [6.07, 6.45) is 0.799. The van der Waals surface area contributed by atoms with Gasteiger partial charge in [-0.2, -0.15) is 0 Å². The molecule has 0 aromatic heterocycles. The first-order valence-corrected chi connectivity index (χ1v) is 5.19. The second-order valence-corrected chi connectivity index (χ2v) is 4.48. The molecule has 1 aliphatic rings. The molecular weight excluding hydrogens is 235 g/mol. The lowest BCUT2D eigenvalue weighted by molar-refractivity contribution is -0.140. The van der Waals surface area contributed by atoms with E-state index in [9.17, 15) is 14.3 Å². The van der Waals surface area contributed by atoms with Gasteiger partial charge < -0.3 is 10.2 Å². The molecule has 3 nitrogen and oxygen atoms in total. The van der Waals surface area contributed by atoms with Crippen LogP contribution >= 0.6 is 11.6 Å². The van der Waals surface area contributed by atoms with Gasteiger partial charge in [0.05, 0.1) is 10.4 Å². The summed E-state index contributed by atoms with van der Waals surface area (Å²) in [5, 5.41) is 18.7. The third-order valence-corrected chi connectivity index (χ3v) is 3.38. The standard InChI is InChI=1S/C11H10ClFO3/c1-5-7(13)4-6(12)9(14)8(5)11(2-3-11)10(15)16/h4,14H,2-3H2,1H3,(H,15,16). The van der Waals surface area contributed by atoms with E-state index in [-0.39, 0.29) is 21.9 Å². The van der Waals surface area contributed by atoms with E-state index >= 15 is 0 Å². The average Bonchev–Trinajstić information content (AvgIpc) is 2.97. The summed E-state index contributed by atoms with van der Waals surface area (Å²) in [5.41, 5.74) is -0.883. The van der Waals surface area contributed by atoms with Crippen LogP contribution in [0.3, 0.4) is 0 Å². The van der Waals surface area contributed by atoms with E-state index in [0.717, 1.165) is 6.07 Å². The molecule has 1 aliphatic carbocycles. The van der Waals surface area contributed by atoms with E-state index in [2.05, 4.69) is 0 Å². The fourth-order valence-corrected chi connectivity index (χ4v) is 2.18. The van der Waals surface area contributed by atoms with Crippen molar-refractivity contribution >= 4 is 17.6 Å². The Kier molecular flexibility index (Phi) is 2.35. The van der Waals surface area contributed by atoms with Crippen LogP contribution in [0.2, 0.25) is 5.02 Å². The SMILES string of the molecule is Cc1c(F)cc(Cl)c(O)c1C1(C(=O)O)CC1. The van der Waals surface area contributed by atoms with E-state index in [1.54, 1.807) is 0 Å². The van der Waals surface area contributed by atoms with Crippen molar-refractivity contribution in [1.82, 2.24) is 0 Å². The van der Waals surface area contributed by atoms with Crippen molar-refractivity contribution in [3.8, 4) is 5.75 Å². The Balaban J connectivity index is 2.70. The zero-order chi connectivity index (χ0) is 12.1. The molecule has 86 valence electrons. The average molecular weight is 245 g/mol. The monoisotopic (exact) mass is 244 g/mol. The van der Waals surface area contributed by atoms with Gasteiger partial charge >= 0.3 is 5.97 Å². The van der Waals surface area contributed by atoms with Crippen LogP contribution in [0.25, 0.3) is 0 Å². The number of hydrogen-bond donors (Lipinski definition) is 2. The fraction of sp³-hybridized carbons (Fsp3) is 0.364. The lowest BCUT2D eigenvalue weighted by atomic mass is 9.90. The smallest absolute Gasteiger partial charge is 0.314 e. The Morgan fingerprint density at radius 3 is 2.56 bits per heavy atom. The van der Waals surface area contributed by atoms with E-state index < -0.39 is 17.2 Å². The van der Waals surface area contributed by atoms with Crippen LogP contribution in [-0.2, 0) is 10.2 Å². The van der Waals surface area contributed by atoms with E-state index in [0.29, 0.717) is 12.8 Å². The van der Waals surface area contributed by atoms with Gasteiger partial charge in [0, 0.05) is 5.56 Å². The highest BCUT2D eigenvalue weighted by atomic mass is 35.5. The normalized spacial score (nSPS) is 17.2. The van der Waals surface area contributed by atoms with Gasteiger partial charge in [-0.25, -0.2) is 4.39 Å². The lowest BCUT2D eigenvalue weighted by Gasteiger charge is -2.16. The van der Waals surface area contributed by atoms with Crippen molar-refractivity contribution in [2.45, 2.75) is 25.2 Å². The second kappa shape index (κ2) is 3.35. The molecule has 16 heavy (non-hydrogen) atoms. The van der Waals surface area contributed by atoms with Gasteiger partial charge in [0.25, 0.3) is 0 Å². The molecule has 2 N–H and O–H groups in total. The van der Waals surface area contributed by atoms with Crippen molar-refractivity contribution in [3.63, 3.8) is 0 Å². The number of hydrogen-bond acceptors (Lipinski definition) is 2. The summed E-state index contributed by atoms with van der Waals surface area (Å²) < 4.78 is 13.5. The number of rotatable bonds is 2. The quantitative estimate of drug-likeness (QED) is 0.841. The number of carboxylic acid groups (broad SMARTS) is 1. The molecule has 1 aromatic carbocycles. The molecule has 1 aromatic rings. The number of carboxylic acids is 1. The van der Waals surface area contributed by atoms with Gasteiger partial charge in [-0.05, 0) is 31.4 Å². The van der Waals surface area contributed by atoms with Crippen LogP contribution in [0.15, 0.2) is 6.07 Å². The molecule has 0 saturated heterocycles. The number of benzene rings is 1. The first-order chi connectivity index (χ1) is 7.40. The molecule has 0 atom stereocenters. The van der Waals surface area contributed by atoms with Crippen molar-refractivity contribution in [3.05, 3.63) is 28.0 Å². The number of aromatic hydroxyl groups is 1. The molecule has 0 radical (unpaired) electrons. The summed E-state index contributed by atoms with van der Waals surface area (Å²) in [7, 11) is 0. The summed E-state index contributed by atoms with van der Waals surface area (Å²) >= 11 is 5.65. The number of halogens is 2. The summed E-state index contributed by atoms with van der Waals surface area (Å²) in [4.78, 5) is 11.1. The number of phenols is 1. The van der Waals surface area contributed by atoms with Gasteiger partial charge in [0.1, 0.15) is 11.6 Å². The molecule has 2 rings (SSSR count). The molecule has 0 amide bonds. The molecule has 1 fully saturated rings. The zero-order valence-electron chi connectivity index (χ0n) is 8.55. The second-order valence-electron chi connectivity index (χ2n) is 4.08. The highest BCUT2D eigenvalue weighted by Crippen LogP contribution is 2.54. The molecule has 0 aliphatic heterocycles. The summed E-state index contributed by atoms with van der Waals surface area (Å²) in [6, 6.07) is 0.994. The Bertz CT molecular complexity index is 454. The van der Waals surface area contributed by atoms with Gasteiger partial charge in [-0.1, -0.05) is 11.6 Å². The topological polar surface area (TPSA) is 57.5 Å². The van der Waals surface area contributed by atoms with Crippen LogP contribution in [0.4, 0.5) is 4.39 Å². The molecule has 5 heteroatoms. The van der Waals surface area contributed by atoms with Crippen LogP contribution in [0.5, 0.6) is 5.75 Å². The van der Waals surface area contributed by atoms with Crippen molar-refractivity contribution < 1.29 is 19.4 Å². The maximum Gasteiger partial charge on any atom is 0.314 e. The maximum atomic E-state index is 13.5. The van der Waals surface area contributed by atoms with Gasteiger partial charge in [0.15, 0.2) is 0 Å². The van der Waals surface area contributed by atoms with Gasteiger partial charge in [0.2, 0.25) is 0 Å². The Morgan fingerprint density at radius 2 is 2.12 bits per heavy atom. The minimum absolute atomic E-state index is 0.116. The number of carbonyl (C=O) groups is 1. The fourth-order valence-electron chi connectivity index (χ4n) is 1.99. The molecule has 0 heterocycles. The highest BCUT2D eigenvalue weighted by molar-refractivity contribution is 6.32. The first-order valence-electron chi connectivity index (χ1n) is 4.81. The molecule has 0 unspecified atom stereocenters. The Labute approximate surface area is 96.5 Å². The third-order valence-electron chi connectivity index (χ3n) is 3.09. The van der Waals surface area contributed by atoms with E-state index in [4.69, 9.17) is 16.7 Å². The van der Waals surface area contributed by atoms with Crippen LogP contribution in [0.1, 0.15) is 24.0 Å². The number of aliphatic carboxylic acids is 1. The van der Waals surface area contributed by atoms with Crippen LogP contribution in [0, 0.1) is 12.7 Å². The molecule has 0 spiro atoms. The first kappa shape index (κ1) is 11.2. The Morgan fingerprint density at radius 1 is 1.56 bits per heavy atom. The maximum absolute atomic E-state index is 13.5. The van der Waals surface area contributed by atoms with E-state index in [1.165, 1.54) is 6.92 Å².